The monoisotopic (exact) mass is 479 g/mol. The lowest BCUT2D eigenvalue weighted by Gasteiger charge is -2.36. The van der Waals surface area contributed by atoms with Gasteiger partial charge < -0.3 is 10.6 Å². The molecule has 2 N–H and O–H groups in total. The number of rotatable bonds is 6. The van der Waals surface area contributed by atoms with Crippen molar-refractivity contribution in [2.45, 2.75) is 57.4 Å². The summed E-state index contributed by atoms with van der Waals surface area (Å²) in [6.45, 7) is 1.82. The number of ketones is 1. The van der Waals surface area contributed by atoms with Crippen LogP contribution in [0.15, 0.2) is 42.5 Å². The lowest BCUT2D eigenvalue weighted by atomic mass is 9.69. The predicted octanol–water partition coefficient (Wildman–Crippen LogP) is 4.50. The Morgan fingerprint density at radius 1 is 1.15 bits per heavy atom. The van der Waals surface area contributed by atoms with Crippen molar-refractivity contribution in [3.8, 4) is 0 Å². The molecule has 5 rings (SSSR count). The third-order valence-electron chi connectivity index (χ3n) is 8.13. The second-order valence-corrected chi connectivity index (χ2v) is 10.9. The summed E-state index contributed by atoms with van der Waals surface area (Å²) in [5.74, 6) is 0.348. The summed E-state index contributed by atoms with van der Waals surface area (Å²) in [4.78, 5) is 43.8. The summed E-state index contributed by atoms with van der Waals surface area (Å²) in [7, 11) is 0. The second-order valence-electron chi connectivity index (χ2n) is 10.4. The van der Waals surface area contributed by atoms with Crippen molar-refractivity contribution in [1.82, 2.24) is 15.6 Å². The minimum Gasteiger partial charge on any atom is -0.348 e. The van der Waals surface area contributed by atoms with E-state index >= 15 is 0 Å². The van der Waals surface area contributed by atoms with Crippen molar-refractivity contribution in [3.05, 3.63) is 64.4 Å². The van der Waals surface area contributed by atoms with Crippen LogP contribution in [0.25, 0.3) is 0 Å². The third kappa shape index (κ3) is 4.24. The average molecular weight is 480 g/mol. The van der Waals surface area contributed by atoms with Crippen LogP contribution in [0.3, 0.4) is 0 Å². The largest absolute Gasteiger partial charge is 0.348 e. The molecule has 0 radical (unpaired) electrons. The van der Waals surface area contributed by atoms with Gasteiger partial charge in [-0.25, -0.2) is 4.98 Å². The first kappa shape index (κ1) is 23.0. The number of hydrogen-bond donors (Lipinski definition) is 2. The summed E-state index contributed by atoms with van der Waals surface area (Å²) < 4.78 is 0. The number of Topliss-reactive ketones (excluding diaryl/α,β-unsaturated/α-hetero) is 1. The Labute approximate surface area is 204 Å². The van der Waals surface area contributed by atoms with Gasteiger partial charge >= 0.3 is 0 Å². The van der Waals surface area contributed by atoms with Gasteiger partial charge in [0.1, 0.15) is 5.69 Å². The minimum absolute atomic E-state index is 0.0527. The number of hydrogen-bond acceptors (Lipinski definition) is 4. The van der Waals surface area contributed by atoms with Crippen LogP contribution in [-0.2, 0) is 4.79 Å². The van der Waals surface area contributed by atoms with Crippen molar-refractivity contribution in [3.63, 3.8) is 0 Å². The Hall–Kier alpha value is -2.73. The highest BCUT2D eigenvalue weighted by Crippen LogP contribution is 2.62. The molecular weight excluding hydrogens is 450 g/mol. The van der Waals surface area contributed by atoms with Crippen molar-refractivity contribution in [1.29, 1.82) is 0 Å². The van der Waals surface area contributed by atoms with Gasteiger partial charge in [0.2, 0.25) is 5.91 Å². The van der Waals surface area contributed by atoms with Crippen LogP contribution < -0.4 is 10.6 Å². The van der Waals surface area contributed by atoms with E-state index < -0.39 is 11.0 Å². The Kier molecular flexibility index (Phi) is 5.96. The van der Waals surface area contributed by atoms with Gasteiger partial charge in [0.05, 0.1) is 12.0 Å². The maximum absolute atomic E-state index is 13.5. The highest BCUT2D eigenvalue weighted by atomic mass is 35.5. The number of fused-ring (bicyclic) bond motifs is 2. The molecule has 0 aliphatic heterocycles. The molecule has 4 unspecified atom stereocenters. The number of halogens is 1. The first-order valence-corrected chi connectivity index (χ1v) is 12.5. The molecule has 2 amide bonds. The Morgan fingerprint density at radius 2 is 1.97 bits per heavy atom. The standard InChI is InChI=1S/C27H30ClN3O3/c1-17-5-2-9-22(30-17)24(33)31-27-10-4-6-18-11-20(27)14-26(13-18,16-27)25(34)29-15-23(32)19-7-3-8-21(28)12-19/h2-3,5,7-9,12,18,20H,4,6,10-11,13-16H2,1H3,(H,29,34)(H,31,33). The summed E-state index contributed by atoms with van der Waals surface area (Å²) in [5.41, 5.74) is 0.765. The topological polar surface area (TPSA) is 88.2 Å². The number of aromatic nitrogens is 1. The van der Waals surface area contributed by atoms with E-state index in [-0.39, 0.29) is 30.1 Å². The first-order valence-electron chi connectivity index (χ1n) is 12.1. The molecule has 178 valence electrons. The molecule has 3 aliphatic rings. The highest BCUT2D eigenvalue weighted by Gasteiger charge is 2.62. The quantitative estimate of drug-likeness (QED) is 0.597. The number of carbonyl (C=O) groups excluding carboxylic acids is 3. The van der Waals surface area contributed by atoms with Crippen LogP contribution in [-0.4, -0.2) is 34.7 Å². The van der Waals surface area contributed by atoms with Crippen LogP contribution in [0.1, 0.15) is 71.5 Å². The lowest BCUT2D eigenvalue weighted by Crippen LogP contribution is -2.51. The summed E-state index contributed by atoms with van der Waals surface area (Å²) in [6, 6.07) is 12.2. The van der Waals surface area contributed by atoms with Crippen molar-refractivity contribution >= 4 is 29.2 Å². The van der Waals surface area contributed by atoms with Gasteiger partial charge in [0.25, 0.3) is 5.91 Å². The van der Waals surface area contributed by atoms with E-state index in [0.29, 0.717) is 28.6 Å². The molecule has 34 heavy (non-hydrogen) atoms. The van der Waals surface area contributed by atoms with E-state index in [1.165, 1.54) is 0 Å². The fraction of sp³-hybridized carbons (Fsp3) is 0.481. The maximum Gasteiger partial charge on any atom is 0.270 e. The Morgan fingerprint density at radius 3 is 2.76 bits per heavy atom. The minimum atomic E-state index is -0.546. The van der Waals surface area contributed by atoms with Gasteiger partial charge in [-0.3, -0.25) is 14.4 Å². The van der Waals surface area contributed by atoms with E-state index in [0.717, 1.165) is 44.2 Å². The van der Waals surface area contributed by atoms with Gasteiger partial charge in [-0.2, -0.15) is 0 Å². The highest BCUT2D eigenvalue weighted by molar-refractivity contribution is 6.31. The third-order valence-corrected chi connectivity index (χ3v) is 8.36. The van der Waals surface area contributed by atoms with Gasteiger partial charge in [0.15, 0.2) is 5.78 Å². The fourth-order valence-corrected chi connectivity index (χ4v) is 6.95. The van der Waals surface area contributed by atoms with Crippen LogP contribution in [0, 0.1) is 24.2 Å². The second kappa shape index (κ2) is 8.81. The maximum atomic E-state index is 13.5. The number of nitrogens with one attached hydrogen (secondary N) is 2. The van der Waals surface area contributed by atoms with Crippen LogP contribution >= 0.6 is 11.6 Å². The SMILES string of the molecule is Cc1cccc(C(=O)NC23CCCC4CC2CC(C(=O)NCC(=O)c2cccc(Cl)c2)(C4)C3)n1. The molecule has 3 saturated carbocycles. The van der Waals surface area contributed by atoms with Gasteiger partial charge in [-0.15, -0.1) is 0 Å². The van der Waals surface area contributed by atoms with Crippen molar-refractivity contribution < 1.29 is 14.4 Å². The van der Waals surface area contributed by atoms with E-state index in [9.17, 15) is 14.4 Å². The summed E-state index contributed by atoms with van der Waals surface area (Å²) in [6.07, 6.45) is 6.24. The number of amides is 2. The smallest absolute Gasteiger partial charge is 0.270 e. The zero-order valence-electron chi connectivity index (χ0n) is 19.4. The predicted molar refractivity (Wildman–Crippen MR) is 130 cm³/mol. The number of carbonyl (C=O) groups is 3. The summed E-state index contributed by atoms with van der Waals surface area (Å²) in [5, 5.41) is 6.78. The van der Waals surface area contributed by atoms with Crippen LogP contribution in [0.5, 0.6) is 0 Å². The van der Waals surface area contributed by atoms with Gasteiger partial charge in [0, 0.05) is 21.8 Å². The molecule has 3 aliphatic carbocycles. The Bertz CT molecular complexity index is 1150. The molecule has 1 heterocycles. The molecule has 1 aromatic heterocycles. The lowest BCUT2D eigenvalue weighted by molar-refractivity contribution is -0.133. The molecule has 3 bridgehead atoms. The van der Waals surface area contributed by atoms with Gasteiger partial charge in [-0.05, 0) is 75.1 Å². The molecule has 2 aromatic rings. The molecule has 7 heteroatoms. The van der Waals surface area contributed by atoms with E-state index in [1.807, 2.05) is 19.1 Å². The molecule has 0 saturated heterocycles. The van der Waals surface area contributed by atoms with E-state index in [4.69, 9.17) is 11.6 Å². The summed E-state index contributed by atoms with van der Waals surface area (Å²) >= 11 is 6.01. The number of benzene rings is 1. The van der Waals surface area contributed by atoms with Crippen molar-refractivity contribution in [2.24, 2.45) is 17.3 Å². The molecule has 0 spiro atoms. The van der Waals surface area contributed by atoms with E-state index in [2.05, 4.69) is 15.6 Å². The van der Waals surface area contributed by atoms with E-state index in [1.54, 1.807) is 30.3 Å². The fourth-order valence-electron chi connectivity index (χ4n) is 6.75. The Balaban J connectivity index is 1.34. The zero-order valence-corrected chi connectivity index (χ0v) is 20.2. The molecule has 4 atom stereocenters. The van der Waals surface area contributed by atoms with Crippen LogP contribution in [0.2, 0.25) is 5.02 Å². The number of nitrogens with zero attached hydrogens (tertiary/aromatic N) is 1. The van der Waals surface area contributed by atoms with Crippen molar-refractivity contribution in [2.75, 3.05) is 6.54 Å². The van der Waals surface area contributed by atoms with Gasteiger partial charge in [-0.1, -0.05) is 42.6 Å². The molecule has 1 aromatic carbocycles. The average Bonchev–Trinajstić information content (AvgIpc) is 2.95. The molecule has 6 nitrogen and oxygen atoms in total. The van der Waals surface area contributed by atoms with Crippen LogP contribution in [0.4, 0.5) is 0 Å². The zero-order chi connectivity index (χ0) is 23.9. The first-order chi connectivity index (χ1) is 16.3. The number of aryl methyl sites for hydroxylation is 1. The normalized spacial score (nSPS) is 29.4. The number of pyridine rings is 1. The molecule has 3 fully saturated rings. The molecular formula is C27H30ClN3O3.